The minimum atomic E-state index is -0.679. The van der Waals surface area contributed by atoms with Crippen LogP contribution in [0.15, 0.2) is 22.7 Å². The molecule has 2 atom stereocenters. The van der Waals surface area contributed by atoms with Gasteiger partial charge in [0.25, 0.3) is 5.91 Å². The molecule has 4 nitrogen and oxygen atoms in total. The van der Waals surface area contributed by atoms with Crippen molar-refractivity contribution in [1.82, 2.24) is 0 Å². The zero-order valence-electron chi connectivity index (χ0n) is 9.81. The van der Waals surface area contributed by atoms with Crippen LogP contribution in [0.2, 0.25) is 0 Å². The van der Waals surface area contributed by atoms with Crippen molar-refractivity contribution in [3.05, 3.63) is 28.2 Å². The highest BCUT2D eigenvalue weighted by atomic mass is 79.9. The average Bonchev–Trinajstić information content (AvgIpc) is 2.25. The highest BCUT2D eigenvalue weighted by Crippen LogP contribution is 2.29. The van der Waals surface area contributed by atoms with Gasteiger partial charge in [0.1, 0.15) is 5.75 Å². The zero-order chi connectivity index (χ0) is 13.0. The van der Waals surface area contributed by atoms with Crippen molar-refractivity contribution in [3.63, 3.8) is 0 Å². The number of ether oxygens (including phenoxy) is 1. The summed E-state index contributed by atoms with van der Waals surface area (Å²) in [6.07, 6.45) is -0.855. The second-order valence-electron chi connectivity index (χ2n) is 3.78. The second kappa shape index (κ2) is 6.02. The first-order chi connectivity index (χ1) is 7.95. The van der Waals surface area contributed by atoms with E-state index in [1.54, 1.807) is 25.1 Å². The molecule has 1 rings (SSSR count). The van der Waals surface area contributed by atoms with Crippen LogP contribution in [-0.2, 0) is 4.79 Å². The van der Waals surface area contributed by atoms with Gasteiger partial charge in [0.05, 0.1) is 6.10 Å². The predicted octanol–water partition coefficient (Wildman–Crippen LogP) is 2.15. The Balaban J connectivity index is 3.02. The predicted molar refractivity (Wildman–Crippen MR) is 68.7 cm³/mol. The Morgan fingerprint density at radius 2 is 2.24 bits per heavy atom. The van der Waals surface area contributed by atoms with Gasteiger partial charge in [0, 0.05) is 10.0 Å². The van der Waals surface area contributed by atoms with Crippen LogP contribution in [-0.4, -0.2) is 17.1 Å². The topological polar surface area (TPSA) is 72.6 Å². The van der Waals surface area contributed by atoms with Crippen LogP contribution < -0.4 is 10.5 Å². The number of rotatable bonds is 5. The first-order valence-electron chi connectivity index (χ1n) is 5.39. The molecule has 0 aliphatic heterocycles. The molecule has 1 aromatic carbocycles. The maximum Gasteiger partial charge on any atom is 0.258 e. The quantitative estimate of drug-likeness (QED) is 0.875. The van der Waals surface area contributed by atoms with E-state index in [1.807, 2.05) is 6.92 Å². The number of nitrogens with two attached hydrogens (primary N) is 1. The van der Waals surface area contributed by atoms with Crippen molar-refractivity contribution in [1.29, 1.82) is 0 Å². The van der Waals surface area contributed by atoms with E-state index in [4.69, 9.17) is 10.5 Å². The van der Waals surface area contributed by atoms with E-state index in [2.05, 4.69) is 15.9 Å². The lowest BCUT2D eigenvalue weighted by molar-refractivity contribution is -0.124. The molecular weight excluding hydrogens is 286 g/mol. The summed E-state index contributed by atoms with van der Waals surface area (Å²) in [6.45, 7) is 3.46. The van der Waals surface area contributed by atoms with Gasteiger partial charge in [-0.05, 0) is 25.5 Å². The molecule has 17 heavy (non-hydrogen) atoms. The van der Waals surface area contributed by atoms with Crippen molar-refractivity contribution in [2.24, 2.45) is 5.73 Å². The van der Waals surface area contributed by atoms with Crippen molar-refractivity contribution < 1.29 is 14.6 Å². The molecule has 5 heteroatoms. The number of primary amides is 1. The van der Waals surface area contributed by atoms with Crippen LogP contribution in [0, 0.1) is 0 Å². The maximum absolute atomic E-state index is 11.1. The van der Waals surface area contributed by atoms with Gasteiger partial charge in [-0.2, -0.15) is 0 Å². The Bertz CT molecular complexity index is 407. The first kappa shape index (κ1) is 14.0. The molecule has 3 N–H and O–H groups in total. The second-order valence-corrected chi connectivity index (χ2v) is 4.69. The molecule has 0 fully saturated rings. The summed E-state index contributed by atoms with van der Waals surface area (Å²) >= 11 is 3.32. The molecule has 0 saturated carbocycles. The monoisotopic (exact) mass is 301 g/mol. The van der Waals surface area contributed by atoms with Crippen LogP contribution in [0.4, 0.5) is 0 Å². The number of hydrogen-bond acceptors (Lipinski definition) is 3. The molecule has 94 valence electrons. The van der Waals surface area contributed by atoms with Gasteiger partial charge in [0.15, 0.2) is 6.10 Å². The fraction of sp³-hybridized carbons (Fsp3) is 0.417. The maximum atomic E-state index is 11.1. The van der Waals surface area contributed by atoms with Crippen LogP contribution in [0.3, 0.4) is 0 Å². The number of carbonyl (C=O) groups is 1. The van der Waals surface area contributed by atoms with Crippen molar-refractivity contribution in [3.8, 4) is 5.75 Å². The van der Waals surface area contributed by atoms with Gasteiger partial charge in [-0.25, -0.2) is 0 Å². The summed E-state index contributed by atoms with van der Waals surface area (Å²) in [4.78, 5) is 11.1. The minimum Gasteiger partial charge on any atom is -0.480 e. The van der Waals surface area contributed by atoms with Gasteiger partial charge in [-0.15, -0.1) is 0 Å². The van der Waals surface area contributed by atoms with Crippen LogP contribution >= 0.6 is 15.9 Å². The standard InChI is InChI=1S/C12H16BrNO3/c1-3-10(12(14)16)17-11-6-8(13)4-5-9(11)7(2)15/h4-7,10,15H,3H2,1-2H3,(H2,14,16)/t7-,10?/m1/s1. The highest BCUT2D eigenvalue weighted by Gasteiger charge is 2.18. The highest BCUT2D eigenvalue weighted by molar-refractivity contribution is 9.10. The number of aliphatic hydroxyl groups is 1. The molecule has 1 aromatic rings. The summed E-state index contributed by atoms with van der Waals surface area (Å²) in [5.41, 5.74) is 5.85. The molecule has 1 unspecified atom stereocenters. The van der Waals surface area contributed by atoms with Crippen LogP contribution in [0.25, 0.3) is 0 Å². The lowest BCUT2D eigenvalue weighted by atomic mass is 10.1. The van der Waals surface area contributed by atoms with Crippen LogP contribution in [0.1, 0.15) is 31.9 Å². The van der Waals surface area contributed by atoms with E-state index >= 15 is 0 Å². The number of carbonyl (C=O) groups excluding carboxylic acids is 1. The fourth-order valence-corrected chi connectivity index (χ4v) is 1.79. The third-order valence-electron chi connectivity index (χ3n) is 2.38. The van der Waals surface area contributed by atoms with Crippen molar-refractivity contribution in [2.45, 2.75) is 32.5 Å². The average molecular weight is 302 g/mol. The third kappa shape index (κ3) is 3.71. The molecule has 1 amide bonds. The van der Waals surface area contributed by atoms with Crippen molar-refractivity contribution in [2.75, 3.05) is 0 Å². The van der Waals surface area contributed by atoms with E-state index in [0.717, 1.165) is 4.47 Å². The lowest BCUT2D eigenvalue weighted by Crippen LogP contribution is -2.33. The number of halogens is 1. The molecule has 0 bridgehead atoms. The molecule has 0 saturated heterocycles. The summed E-state index contributed by atoms with van der Waals surface area (Å²) in [7, 11) is 0. The normalized spacial score (nSPS) is 14.1. The minimum absolute atomic E-state index is 0.472. The van der Waals surface area contributed by atoms with E-state index in [-0.39, 0.29) is 0 Å². The van der Waals surface area contributed by atoms with E-state index in [1.165, 1.54) is 0 Å². The van der Waals surface area contributed by atoms with Gasteiger partial charge in [-0.1, -0.05) is 28.9 Å². The Morgan fingerprint density at radius 1 is 1.59 bits per heavy atom. The first-order valence-corrected chi connectivity index (χ1v) is 6.18. The molecule has 0 radical (unpaired) electrons. The Morgan fingerprint density at radius 3 is 2.71 bits per heavy atom. The summed E-state index contributed by atoms with van der Waals surface area (Å²) < 4.78 is 6.35. The van der Waals surface area contributed by atoms with Gasteiger partial charge < -0.3 is 15.6 Å². The molecule has 0 heterocycles. The van der Waals surface area contributed by atoms with Gasteiger partial charge in [0.2, 0.25) is 0 Å². The third-order valence-corrected chi connectivity index (χ3v) is 2.88. The van der Waals surface area contributed by atoms with Gasteiger partial charge >= 0.3 is 0 Å². The molecule has 0 aliphatic carbocycles. The van der Waals surface area contributed by atoms with E-state index < -0.39 is 18.1 Å². The van der Waals surface area contributed by atoms with Crippen LogP contribution in [0.5, 0.6) is 5.75 Å². The number of aliphatic hydroxyl groups excluding tert-OH is 1. The molecule has 0 spiro atoms. The summed E-state index contributed by atoms with van der Waals surface area (Å²) in [5, 5.41) is 9.61. The number of benzene rings is 1. The van der Waals surface area contributed by atoms with Crippen molar-refractivity contribution >= 4 is 21.8 Å². The SMILES string of the molecule is CCC(Oc1cc(Br)ccc1[C@@H](C)O)C(N)=O. The van der Waals surface area contributed by atoms with Gasteiger partial charge in [-0.3, -0.25) is 4.79 Å². The number of hydrogen-bond donors (Lipinski definition) is 2. The number of amides is 1. The fourth-order valence-electron chi connectivity index (χ4n) is 1.45. The lowest BCUT2D eigenvalue weighted by Gasteiger charge is -2.18. The summed E-state index contributed by atoms with van der Waals surface area (Å²) in [5.74, 6) is -0.0379. The smallest absolute Gasteiger partial charge is 0.258 e. The summed E-state index contributed by atoms with van der Waals surface area (Å²) in [6, 6.07) is 5.27. The zero-order valence-corrected chi connectivity index (χ0v) is 11.4. The molecular formula is C12H16BrNO3. The van der Waals surface area contributed by atoms with E-state index in [9.17, 15) is 9.90 Å². The molecule has 0 aromatic heterocycles. The Labute approximate surface area is 109 Å². The largest absolute Gasteiger partial charge is 0.480 e. The Hall–Kier alpha value is -1.07. The molecule has 0 aliphatic rings. The Kier molecular flexibility index (Phi) is 4.96. The van der Waals surface area contributed by atoms with E-state index in [0.29, 0.717) is 17.7 Å².